The Labute approximate surface area is 126 Å². The Balaban J connectivity index is -0.000000256. The maximum atomic E-state index is 10.3. The van der Waals surface area contributed by atoms with Gasteiger partial charge in [-0.2, -0.15) is 13.0 Å². The fraction of sp³-hybridized carbons (Fsp3) is 0.769. The average Bonchev–Trinajstić information content (AvgIpc) is 2.31. The number of hydrogen-bond donors (Lipinski definition) is 1. The molecule has 111 valence electrons. The Bertz CT molecular complexity index is 236. The molecule has 0 fully saturated rings. The van der Waals surface area contributed by atoms with Crippen LogP contribution in [0.4, 0.5) is 0 Å². The summed E-state index contributed by atoms with van der Waals surface area (Å²) in [4.78, 5) is 30.1. The first kappa shape index (κ1) is 23.4. The molecule has 1 radical (unpaired) electrons. The number of amides is 1. The molecule has 6 heteroatoms. The minimum absolute atomic E-state index is 0. The molecular formula is C13H24MnN2O3. The Hall–Kier alpha value is -0.711. The first-order chi connectivity index (χ1) is 8.54. The van der Waals surface area contributed by atoms with Gasteiger partial charge in [-0.15, -0.1) is 0 Å². The zero-order chi connectivity index (χ0) is 14.2. The van der Waals surface area contributed by atoms with Crippen molar-refractivity contribution in [3.63, 3.8) is 0 Å². The van der Waals surface area contributed by atoms with Crippen LogP contribution in [-0.2, 0) is 31.5 Å². The van der Waals surface area contributed by atoms with E-state index >= 15 is 0 Å². The Morgan fingerprint density at radius 1 is 1.05 bits per heavy atom. The second-order valence-corrected chi connectivity index (χ2v) is 4.08. The van der Waals surface area contributed by atoms with Crippen molar-refractivity contribution in [1.82, 2.24) is 0 Å². The molecule has 1 amide bonds. The Morgan fingerprint density at radius 3 is 2.05 bits per heavy atom. The van der Waals surface area contributed by atoms with Crippen molar-refractivity contribution < 1.29 is 31.5 Å². The molecule has 0 rings (SSSR count). The van der Waals surface area contributed by atoms with Gasteiger partial charge in [-0.05, 0) is 19.8 Å². The summed E-state index contributed by atoms with van der Waals surface area (Å²) >= 11 is 0. The second-order valence-electron chi connectivity index (χ2n) is 4.08. The van der Waals surface area contributed by atoms with Crippen LogP contribution in [0.5, 0.6) is 0 Å². The molecule has 0 aliphatic rings. The molecule has 5 nitrogen and oxygen atoms in total. The fourth-order valence-electron chi connectivity index (χ4n) is 1.17. The molecular weight excluding hydrogens is 287 g/mol. The summed E-state index contributed by atoms with van der Waals surface area (Å²) < 4.78 is 0. The van der Waals surface area contributed by atoms with Gasteiger partial charge in [-0.25, -0.2) is 0 Å². The number of hydrogen-bond acceptors (Lipinski definition) is 3. The molecule has 0 aliphatic heterocycles. The van der Waals surface area contributed by atoms with Crippen molar-refractivity contribution in [2.75, 3.05) is 6.54 Å². The van der Waals surface area contributed by atoms with Gasteiger partial charge < -0.3 is 21.1 Å². The maximum Gasteiger partial charge on any atom is 2.00 e. The van der Waals surface area contributed by atoms with Crippen LogP contribution in [0.3, 0.4) is 0 Å². The van der Waals surface area contributed by atoms with E-state index in [-0.39, 0.29) is 28.8 Å². The third-order valence-electron chi connectivity index (χ3n) is 2.16. The van der Waals surface area contributed by atoms with E-state index in [2.05, 4.69) is 0 Å². The van der Waals surface area contributed by atoms with Gasteiger partial charge in [0.15, 0.2) is 0 Å². The van der Waals surface area contributed by atoms with Crippen LogP contribution >= 0.6 is 0 Å². The van der Waals surface area contributed by atoms with Crippen LogP contribution in [0.15, 0.2) is 0 Å². The number of primary amides is 1. The van der Waals surface area contributed by atoms with Crippen molar-refractivity contribution in [2.45, 2.75) is 58.3 Å². The van der Waals surface area contributed by atoms with Crippen LogP contribution in [0, 0.1) is 0 Å². The molecule has 3 N–H and O–H groups in total. The standard InChI is InChI=1S/C7H11O2.C6H13N2O.Mn/c1-7(9)5-3-2-4-6-8;7-5-3-1-2-4-6(8)9;/h2-5H2,1H3;7H,1-5H2,(H2,8,9);/q2*-1;+2. The molecule has 0 bridgehead atoms. The predicted octanol–water partition coefficient (Wildman–Crippen LogP) is 2.33. The summed E-state index contributed by atoms with van der Waals surface area (Å²) in [7, 11) is 0. The van der Waals surface area contributed by atoms with Crippen LogP contribution < -0.4 is 5.73 Å². The van der Waals surface area contributed by atoms with Crippen LogP contribution in [-0.4, -0.2) is 24.5 Å². The van der Waals surface area contributed by atoms with E-state index in [1.54, 1.807) is 13.2 Å². The number of ketones is 1. The molecule has 0 spiro atoms. The van der Waals surface area contributed by atoms with Gasteiger partial charge in [0, 0.05) is 12.8 Å². The van der Waals surface area contributed by atoms with Crippen LogP contribution in [0.1, 0.15) is 58.3 Å². The van der Waals surface area contributed by atoms with Gasteiger partial charge in [0.1, 0.15) is 5.78 Å². The van der Waals surface area contributed by atoms with E-state index in [0.717, 1.165) is 32.1 Å². The number of unbranched alkanes of at least 4 members (excludes halogenated alkanes) is 4. The van der Waals surface area contributed by atoms with E-state index in [0.29, 0.717) is 25.8 Å². The summed E-state index contributed by atoms with van der Waals surface area (Å²) in [6.07, 6.45) is 7.61. The zero-order valence-corrected chi connectivity index (χ0v) is 12.7. The van der Waals surface area contributed by atoms with Crippen molar-refractivity contribution in [1.29, 1.82) is 0 Å². The van der Waals surface area contributed by atoms with Crippen molar-refractivity contribution in [3.05, 3.63) is 5.73 Å². The summed E-state index contributed by atoms with van der Waals surface area (Å²) in [5.74, 6) is -0.0409. The molecule has 0 atom stereocenters. The molecule has 0 unspecified atom stereocenters. The van der Waals surface area contributed by atoms with Gasteiger partial charge in [0.2, 0.25) is 5.91 Å². The maximum absolute atomic E-state index is 10.3. The minimum atomic E-state index is -0.236. The van der Waals surface area contributed by atoms with E-state index in [9.17, 15) is 14.4 Å². The topological polar surface area (TPSA) is 101 Å². The van der Waals surface area contributed by atoms with Crippen LogP contribution in [0.25, 0.3) is 5.73 Å². The Morgan fingerprint density at radius 2 is 1.63 bits per heavy atom. The zero-order valence-electron chi connectivity index (χ0n) is 11.5. The number of rotatable bonds is 10. The van der Waals surface area contributed by atoms with E-state index in [4.69, 9.17) is 11.5 Å². The van der Waals surface area contributed by atoms with Gasteiger partial charge in [-0.3, -0.25) is 11.1 Å². The summed E-state index contributed by atoms with van der Waals surface area (Å²) in [5.41, 5.74) is 11.7. The van der Waals surface area contributed by atoms with Crippen LogP contribution in [0.2, 0.25) is 0 Å². The molecule has 0 aromatic rings. The van der Waals surface area contributed by atoms with E-state index in [1.807, 2.05) is 0 Å². The normalized spacial score (nSPS) is 8.74. The molecule has 0 aliphatic carbocycles. The first-order valence-corrected chi connectivity index (χ1v) is 6.32. The largest absolute Gasteiger partial charge is 2.00 e. The number of nitrogens with two attached hydrogens (primary N) is 1. The second kappa shape index (κ2) is 19.6. The minimum Gasteiger partial charge on any atom is -0.677 e. The van der Waals surface area contributed by atoms with E-state index < -0.39 is 0 Å². The third-order valence-corrected chi connectivity index (χ3v) is 2.16. The van der Waals surface area contributed by atoms with Gasteiger partial charge in [-0.1, -0.05) is 19.3 Å². The monoisotopic (exact) mass is 311 g/mol. The van der Waals surface area contributed by atoms with Gasteiger partial charge >= 0.3 is 17.1 Å². The quantitative estimate of drug-likeness (QED) is 0.380. The van der Waals surface area contributed by atoms with E-state index in [1.165, 1.54) is 0 Å². The fourth-order valence-corrected chi connectivity index (χ4v) is 1.17. The summed E-state index contributed by atoms with van der Waals surface area (Å²) in [6.45, 7) is 2.02. The first-order valence-electron chi connectivity index (χ1n) is 6.32. The van der Waals surface area contributed by atoms with Crippen molar-refractivity contribution in [2.24, 2.45) is 5.73 Å². The van der Waals surface area contributed by atoms with Gasteiger partial charge in [0.05, 0.1) is 0 Å². The number of nitrogens with one attached hydrogen (secondary N) is 1. The molecule has 19 heavy (non-hydrogen) atoms. The summed E-state index contributed by atoms with van der Waals surface area (Å²) in [6, 6.07) is 0. The van der Waals surface area contributed by atoms with Crippen molar-refractivity contribution in [3.8, 4) is 0 Å². The smallest absolute Gasteiger partial charge is 0.677 e. The molecule has 0 heterocycles. The average molecular weight is 311 g/mol. The number of carbonyl (C=O) groups is 2. The summed E-state index contributed by atoms with van der Waals surface area (Å²) in [5, 5.41) is 0. The molecule has 0 saturated carbocycles. The SMILES string of the molecule is CC(=O)CCCC[C-]=O.[Mn+2].[NH-]CCCCCC(N)=O. The van der Waals surface area contributed by atoms with Crippen molar-refractivity contribution >= 4 is 18.0 Å². The predicted molar refractivity (Wildman–Crippen MR) is 71.7 cm³/mol. The number of carbonyl (C=O) groups excluding carboxylic acids is 3. The molecule has 0 aromatic heterocycles. The number of Topliss-reactive ketones (excluding diaryl/α,β-unsaturated/α-hetero) is 1. The molecule has 0 aromatic carbocycles. The molecule has 0 saturated heterocycles. The Kier molecular flexibility index (Phi) is 24.2. The third kappa shape index (κ3) is 31.7. The van der Waals surface area contributed by atoms with Gasteiger partial charge in [0.25, 0.3) is 0 Å².